The van der Waals surface area contributed by atoms with Crippen LogP contribution in [0, 0.1) is 5.92 Å². The standard InChI is InChI=1S/C30H41N2O5/c1-29(2,3)37-28(34)31(4)18-11-19-32-20-16-23(17-21-32)26(22-32)36-27(33)30(35,24-12-7-5-8-13-24)25-14-9-6-10-15-25/h5-10,12-15,23,26,35H,11,16-22H2,1-4H3/q+1/t23?,26-,32?/m0/s1. The smallest absolute Gasteiger partial charge is 0.410 e. The maximum absolute atomic E-state index is 13.7. The van der Waals surface area contributed by atoms with Gasteiger partial charge in [0.25, 0.3) is 0 Å². The van der Waals surface area contributed by atoms with Crippen molar-refractivity contribution in [2.75, 3.05) is 39.8 Å². The van der Waals surface area contributed by atoms with E-state index in [9.17, 15) is 14.7 Å². The van der Waals surface area contributed by atoms with Gasteiger partial charge in [0.2, 0.25) is 5.60 Å². The van der Waals surface area contributed by atoms with Gasteiger partial charge in [-0.2, -0.15) is 0 Å². The molecular weight excluding hydrogens is 468 g/mol. The highest BCUT2D eigenvalue weighted by molar-refractivity contribution is 5.85. The summed E-state index contributed by atoms with van der Waals surface area (Å²) in [5.74, 6) is -0.310. The molecule has 0 spiro atoms. The van der Waals surface area contributed by atoms with Crippen molar-refractivity contribution in [2.45, 2.75) is 57.3 Å². The SMILES string of the molecule is CN(CCC[N+]12CCC(CC1)[C@@H](OC(=O)C(O)(c1ccccc1)c1ccccc1)C2)C(=O)OC(C)(C)C. The van der Waals surface area contributed by atoms with Crippen LogP contribution in [0.1, 0.15) is 51.2 Å². The van der Waals surface area contributed by atoms with E-state index in [1.807, 2.05) is 57.2 Å². The zero-order valence-corrected chi connectivity index (χ0v) is 22.6. The second kappa shape index (κ2) is 10.8. The highest BCUT2D eigenvalue weighted by Gasteiger charge is 2.50. The Morgan fingerprint density at radius 3 is 2.03 bits per heavy atom. The number of aliphatic hydroxyl groups is 1. The van der Waals surface area contributed by atoms with Crippen LogP contribution >= 0.6 is 0 Å². The van der Waals surface area contributed by atoms with Gasteiger partial charge in [-0.1, -0.05) is 60.7 Å². The monoisotopic (exact) mass is 509 g/mol. The van der Waals surface area contributed by atoms with Crippen molar-refractivity contribution < 1.29 is 28.7 Å². The van der Waals surface area contributed by atoms with Gasteiger partial charge in [-0.15, -0.1) is 0 Å². The zero-order chi connectivity index (χ0) is 26.7. The van der Waals surface area contributed by atoms with Gasteiger partial charge in [-0.05, 0) is 31.9 Å². The molecule has 0 saturated carbocycles. The first-order valence-corrected chi connectivity index (χ1v) is 13.4. The molecule has 200 valence electrons. The van der Waals surface area contributed by atoms with Crippen molar-refractivity contribution in [1.29, 1.82) is 0 Å². The Morgan fingerprint density at radius 2 is 1.51 bits per heavy atom. The number of quaternary nitrogens is 1. The fourth-order valence-corrected chi connectivity index (χ4v) is 5.73. The minimum absolute atomic E-state index is 0.238. The van der Waals surface area contributed by atoms with E-state index in [1.54, 1.807) is 36.2 Å². The number of hydrogen-bond donors (Lipinski definition) is 1. The summed E-state index contributed by atoms with van der Waals surface area (Å²) in [6.45, 7) is 9.98. The molecule has 0 aromatic heterocycles. The Kier molecular flexibility index (Phi) is 7.95. The number of benzene rings is 2. The van der Waals surface area contributed by atoms with Crippen molar-refractivity contribution in [3.8, 4) is 0 Å². The van der Waals surface area contributed by atoms with Gasteiger partial charge < -0.3 is 24.0 Å². The molecule has 0 aliphatic carbocycles. The normalized spacial score (nSPS) is 23.4. The molecule has 7 heteroatoms. The number of carbonyl (C=O) groups is 2. The topological polar surface area (TPSA) is 76.1 Å². The van der Waals surface area contributed by atoms with Gasteiger partial charge in [-0.3, -0.25) is 0 Å². The summed E-state index contributed by atoms with van der Waals surface area (Å²) in [4.78, 5) is 27.6. The quantitative estimate of drug-likeness (QED) is 0.423. The number of ether oxygens (including phenoxy) is 2. The molecule has 7 nitrogen and oxygen atoms in total. The van der Waals surface area contributed by atoms with Crippen LogP contribution in [-0.4, -0.2) is 78.0 Å². The molecule has 5 rings (SSSR count). The van der Waals surface area contributed by atoms with E-state index in [-0.39, 0.29) is 12.2 Å². The van der Waals surface area contributed by atoms with Gasteiger partial charge >= 0.3 is 12.1 Å². The third kappa shape index (κ3) is 6.16. The van der Waals surface area contributed by atoms with E-state index in [0.29, 0.717) is 23.6 Å². The molecule has 3 fully saturated rings. The highest BCUT2D eigenvalue weighted by Crippen LogP contribution is 2.38. The highest BCUT2D eigenvalue weighted by atomic mass is 16.6. The van der Waals surface area contributed by atoms with Crippen LogP contribution in [0.15, 0.2) is 60.7 Å². The lowest BCUT2D eigenvalue weighted by molar-refractivity contribution is -0.946. The fraction of sp³-hybridized carbons (Fsp3) is 0.533. The first-order chi connectivity index (χ1) is 17.5. The molecule has 1 amide bonds. The Labute approximate surface area is 220 Å². The Balaban J connectivity index is 1.42. The summed E-state index contributed by atoms with van der Waals surface area (Å²) in [6, 6.07) is 18.1. The molecule has 2 aromatic carbocycles. The number of nitrogens with zero attached hydrogens (tertiary/aromatic N) is 2. The third-order valence-corrected chi connectivity index (χ3v) is 7.81. The van der Waals surface area contributed by atoms with Crippen LogP contribution < -0.4 is 0 Å². The maximum Gasteiger partial charge on any atom is 0.410 e. The molecule has 3 aliphatic rings. The summed E-state index contributed by atoms with van der Waals surface area (Å²) in [5.41, 5.74) is -1.38. The maximum atomic E-state index is 13.7. The first-order valence-electron chi connectivity index (χ1n) is 13.4. The van der Waals surface area contributed by atoms with Gasteiger partial charge in [0.05, 0.1) is 19.6 Å². The summed E-state index contributed by atoms with van der Waals surface area (Å²) >= 11 is 0. The Morgan fingerprint density at radius 1 is 0.973 bits per heavy atom. The first kappa shape index (κ1) is 27.1. The molecule has 1 N–H and O–H groups in total. The molecule has 2 bridgehead atoms. The minimum Gasteiger partial charge on any atom is -0.453 e. The van der Waals surface area contributed by atoms with Crippen molar-refractivity contribution in [3.63, 3.8) is 0 Å². The zero-order valence-electron chi connectivity index (χ0n) is 22.6. The van der Waals surface area contributed by atoms with Crippen LogP contribution in [0.2, 0.25) is 0 Å². The number of fused-ring (bicyclic) bond motifs is 3. The van der Waals surface area contributed by atoms with Crippen LogP contribution in [0.4, 0.5) is 4.79 Å². The molecule has 0 radical (unpaired) electrons. The van der Waals surface area contributed by atoms with Crippen LogP contribution in [-0.2, 0) is 19.9 Å². The molecule has 3 heterocycles. The number of piperidine rings is 3. The average molecular weight is 510 g/mol. The third-order valence-electron chi connectivity index (χ3n) is 7.81. The number of rotatable bonds is 8. The van der Waals surface area contributed by atoms with E-state index in [4.69, 9.17) is 9.47 Å². The fourth-order valence-electron chi connectivity index (χ4n) is 5.73. The predicted octanol–water partition coefficient (Wildman–Crippen LogP) is 4.33. The van der Waals surface area contributed by atoms with E-state index >= 15 is 0 Å². The number of carbonyl (C=O) groups excluding carboxylic acids is 2. The Bertz CT molecular complexity index is 1020. The molecule has 0 unspecified atom stereocenters. The largest absolute Gasteiger partial charge is 0.453 e. The predicted molar refractivity (Wildman–Crippen MR) is 142 cm³/mol. The van der Waals surface area contributed by atoms with Gasteiger partial charge in [0.15, 0.2) is 6.10 Å². The van der Waals surface area contributed by atoms with E-state index < -0.39 is 17.2 Å². The van der Waals surface area contributed by atoms with Crippen LogP contribution in [0.25, 0.3) is 0 Å². The van der Waals surface area contributed by atoms with Crippen LogP contribution in [0.3, 0.4) is 0 Å². The lowest BCUT2D eigenvalue weighted by Gasteiger charge is -2.52. The van der Waals surface area contributed by atoms with Crippen molar-refractivity contribution in [3.05, 3.63) is 71.8 Å². The summed E-state index contributed by atoms with van der Waals surface area (Å²) in [5, 5.41) is 11.8. The summed E-state index contributed by atoms with van der Waals surface area (Å²) in [7, 11) is 1.77. The van der Waals surface area contributed by atoms with Gasteiger partial charge in [0, 0.05) is 38.8 Å². The van der Waals surface area contributed by atoms with Gasteiger partial charge in [0.1, 0.15) is 12.1 Å². The second-order valence-corrected chi connectivity index (χ2v) is 11.7. The van der Waals surface area contributed by atoms with Crippen molar-refractivity contribution >= 4 is 12.1 Å². The molecule has 37 heavy (non-hydrogen) atoms. The lowest BCUT2D eigenvalue weighted by Crippen LogP contribution is -2.65. The van der Waals surface area contributed by atoms with Gasteiger partial charge in [-0.25, -0.2) is 9.59 Å². The Hall–Kier alpha value is -2.90. The number of amides is 1. The van der Waals surface area contributed by atoms with Crippen molar-refractivity contribution in [2.24, 2.45) is 5.92 Å². The molecule has 3 saturated heterocycles. The minimum atomic E-state index is -1.87. The van der Waals surface area contributed by atoms with E-state index in [1.165, 1.54) is 0 Å². The second-order valence-electron chi connectivity index (χ2n) is 11.7. The molecule has 3 aliphatic heterocycles. The molecule has 1 atom stereocenters. The van der Waals surface area contributed by atoms with Crippen molar-refractivity contribution in [1.82, 2.24) is 4.90 Å². The molecule has 2 aromatic rings. The van der Waals surface area contributed by atoms with E-state index in [2.05, 4.69) is 0 Å². The average Bonchev–Trinajstić information content (AvgIpc) is 2.88. The molecular formula is C30H41N2O5+. The van der Waals surface area contributed by atoms with E-state index in [0.717, 1.165) is 49.9 Å². The van der Waals surface area contributed by atoms with Crippen LogP contribution in [0.5, 0.6) is 0 Å². The number of esters is 1. The number of hydrogen-bond acceptors (Lipinski definition) is 5. The lowest BCUT2D eigenvalue weighted by atomic mass is 9.82. The summed E-state index contributed by atoms with van der Waals surface area (Å²) in [6.07, 6.45) is 2.29. The summed E-state index contributed by atoms with van der Waals surface area (Å²) < 4.78 is 12.5.